The molecule has 2 aromatic rings. The van der Waals surface area contributed by atoms with Crippen LogP contribution in [-0.2, 0) is 19.3 Å². The van der Waals surface area contributed by atoms with Gasteiger partial charge in [0.15, 0.2) is 0 Å². The summed E-state index contributed by atoms with van der Waals surface area (Å²) >= 11 is 12.6. The number of rotatable bonds is 3. The van der Waals surface area contributed by atoms with Crippen LogP contribution < -0.4 is 10.2 Å². The third kappa shape index (κ3) is 3.35. The van der Waals surface area contributed by atoms with Crippen molar-refractivity contribution in [2.24, 2.45) is 0 Å². The minimum absolute atomic E-state index is 0.624. The molecule has 0 aliphatic carbocycles. The second kappa shape index (κ2) is 7.80. The number of aryl methyl sites for hydroxylation is 1. The summed E-state index contributed by atoms with van der Waals surface area (Å²) in [5, 5.41) is 4.82. The summed E-state index contributed by atoms with van der Waals surface area (Å²) in [6.45, 7) is 6.62. The first kappa shape index (κ1) is 18.2. The zero-order valence-electron chi connectivity index (χ0n) is 15.4. The van der Waals surface area contributed by atoms with E-state index in [1.807, 2.05) is 6.07 Å². The molecule has 1 N–H and O–H groups in total. The molecule has 0 fully saturated rings. The number of hydrogen-bond donors (Lipinski definition) is 1. The Morgan fingerprint density at radius 3 is 2.65 bits per heavy atom. The monoisotopic (exact) mass is 388 g/mol. The van der Waals surface area contributed by atoms with Crippen molar-refractivity contribution in [2.75, 3.05) is 31.1 Å². The molecule has 0 saturated carbocycles. The Kier molecular flexibility index (Phi) is 5.45. The van der Waals surface area contributed by atoms with E-state index in [0.29, 0.717) is 10.0 Å². The van der Waals surface area contributed by atoms with Gasteiger partial charge in [-0.1, -0.05) is 42.3 Å². The van der Waals surface area contributed by atoms with Crippen LogP contribution in [-0.4, -0.2) is 26.2 Å². The first-order valence-electron chi connectivity index (χ1n) is 9.77. The molecule has 0 radical (unpaired) electrons. The molecule has 0 spiro atoms. The van der Waals surface area contributed by atoms with Gasteiger partial charge in [-0.15, -0.1) is 0 Å². The molecule has 2 nitrogen and oxygen atoms in total. The fraction of sp³-hybridized carbons (Fsp3) is 0.455. The summed E-state index contributed by atoms with van der Waals surface area (Å²) in [4.78, 5) is 2.59. The maximum absolute atomic E-state index is 6.40. The van der Waals surface area contributed by atoms with Crippen molar-refractivity contribution in [3.05, 3.63) is 51.0 Å². The van der Waals surface area contributed by atoms with Crippen LogP contribution in [0.2, 0.25) is 10.0 Å². The number of anilines is 1. The Labute approximate surface area is 166 Å². The first-order valence-corrected chi connectivity index (χ1v) is 10.5. The highest BCUT2D eigenvalue weighted by Crippen LogP contribution is 2.43. The fourth-order valence-corrected chi connectivity index (χ4v) is 4.78. The van der Waals surface area contributed by atoms with Gasteiger partial charge in [0.2, 0.25) is 0 Å². The van der Waals surface area contributed by atoms with E-state index in [9.17, 15) is 0 Å². The summed E-state index contributed by atoms with van der Waals surface area (Å²) in [6, 6.07) is 8.62. The van der Waals surface area contributed by atoms with Gasteiger partial charge in [0.25, 0.3) is 0 Å². The first-order chi connectivity index (χ1) is 12.7. The van der Waals surface area contributed by atoms with Crippen molar-refractivity contribution in [3.63, 3.8) is 0 Å². The quantitative estimate of drug-likeness (QED) is 0.745. The molecule has 0 amide bonds. The van der Waals surface area contributed by atoms with Crippen molar-refractivity contribution in [3.8, 4) is 11.1 Å². The lowest BCUT2D eigenvalue weighted by Gasteiger charge is -2.35. The molecule has 2 aromatic carbocycles. The zero-order chi connectivity index (χ0) is 18.1. The lowest BCUT2D eigenvalue weighted by atomic mass is 9.85. The van der Waals surface area contributed by atoms with Gasteiger partial charge in [-0.05, 0) is 79.6 Å². The van der Waals surface area contributed by atoms with E-state index in [4.69, 9.17) is 23.2 Å². The second-order valence-electron chi connectivity index (χ2n) is 7.37. The lowest BCUT2D eigenvalue weighted by Crippen LogP contribution is -2.31. The summed E-state index contributed by atoms with van der Waals surface area (Å²) in [7, 11) is 0. The third-order valence-electron chi connectivity index (χ3n) is 5.59. The number of fused-ring (bicyclic) bond motifs is 2. The maximum atomic E-state index is 6.40. The van der Waals surface area contributed by atoms with E-state index in [-0.39, 0.29) is 0 Å². The van der Waals surface area contributed by atoms with E-state index in [1.54, 1.807) is 0 Å². The van der Waals surface area contributed by atoms with Gasteiger partial charge < -0.3 is 10.2 Å². The van der Waals surface area contributed by atoms with Gasteiger partial charge in [-0.25, -0.2) is 0 Å². The Morgan fingerprint density at radius 2 is 1.85 bits per heavy atom. The van der Waals surface area contributed by atoms with Crippen LogP contribution in [0.15, 0.2) is 24.3 Å². The Bertz CT molecular complexity index is 816. The van der Waals surface area contributed by atoms with Crippen molar-refractivity contribution in [2.45, 2.75) is 39.0 Å². The number of nitrogens with one attached hydrogen (secondary N) is 1. The van der Waals surface area contributed by atoms with Crippen LogP contribution in [0.3, 0.4) is 0 Å². The number of halogens is 2. The summed E-state index contributed by atoms with van der Waals surface area (Å²) in [6.07, 6.45) is 5.75. The molecule has 26 heavy (non-hydrogen) atoms. The van der Waals surface area contributed by atoms with Crippen LogP contribution in [0.1, 0.15) is 36.5 Å². The van der Waals surface area contributed by atoms with E-state index in [1.165, 1.54) is 52.8 Å². The summed E-state index contributed by atoms with van der Waals surface area (Å²) in [5.74, 6) is 0. The van der Waals surface area contributed by atoms with Gasteiger partial charge in [0, 0.05) is 24.3 Å². The Hall–Kier alpha value is -1.22. The summed E-state index contributed by atoms with van der Waals surface area (Å²) in [5.41, 5.74) is 8.55. The SMILES string of the molecule is CCCN1CCCc2cc3c(c(-c4ccc(Cl)c(Cl)c4)c21)CCNCC3. The maximum Gasteiger partial charge on any atom is 0.0598 e. The standard InChI is InChI=1S/C22H26Cl2N2/c1-2-11-26-12-3-4-17-13-15-7-9-25-10-8-18(15)21(22(17)26)16-5-6-19(23)20(24)14-16/h5-6,13-14,25H,2-4,7-12H2,1H3. The average molecular weight is 389 g/mol. The number of benzene rings is 2. The van der Waals surface area contributed by atoms with Gasteiger partial charge >= 0.3 is 0 Å². The van der Waals surface area contributed by atoms with E-state index in [0.717, 1.165) is 39.0 Å². The van der Waals surface area contributed by atoms with E-state index < -0.39 is 0 Å². The molecule has 0 bridgehead atoms. The van der Waals surface area contributed by atoms with Crippen LogP contribution in [0, 0.1) is 0 Å². The minimum Gasteiger partial charge on any atom is -0.371 e. The third-order valence-corrected chi connectivity index (χ3v) is 6.33. The van der Waals surface area contributed by atoms with Crippen LogP contribution >= 0.6 is 23.2 Å². The van der Waals surface area contributed by atoms with Crippen molar-refractivity contribution >= 4 is 28.9 Å². The highest BCUT2D eigenvalue weighted by atomic mass is 35.5. The van der Waals surface area contributed by atoms with Crippen LogP contribution in [0.4, 0.5) is 5.69 Å². The Morgan fingerprint density at radius 1 is 1.00 bits per heavy atom. The van der Waals surface area contributed by atoms with E-state index >= 15 is 0 Å². The van der Waals surface area contributed by atoms with E-state index in [2.05, 4.69) is 35.3 Å². The normalized spacial score (nSPS) is 16.8. The minimum atomic E-state index is 0.624. The van der Waals surface area contributed by atoms with Crippen LogP contribution in [0.5, 0.6) is 0 Å². The second-order valence-corrected chi connectivity index (χ2v) is 8.18. The van der Waals surface area contributed by atoms with Crippen molar-refractivity contribution in [1.29, 1.82) is 0 Å². The largest absolute Gasteiger partial charge is 0.371 e. The van der Waals surface area contributed by atoms with Gasteiger partial charge in [-0.3, -0.25) is 0 Å². The highest BCUT2D eigenvalue weighted by Gasteiger charge is 2.26. The predicted octanol–water partition coefficient (Wildman–Crippen LogP) is 5.51. The molecule has 0 atom stereocenters. The topological polar surface area (TPSA) is 15.3 Å². The molecular weight excluding hydrogens is 363 g/mol. The zero-order valence-corrected chi connectivity index (χ0v) is 16.9. The molecule has 2 aliphatic heterocycles. The highest BCUT2D eigenvalue weighted by molar-refractivity contribution is 6.42. The molecule has 0 aromatic heterocycles. The van der Waals surface area contributed by atoms with Gasteiger partial charge in [-0.2, -0.15) is 0 Å². The van der Waals surface area contributed by atoms with Crippen molar-refractivity contribution in [1.82, 2.24) is 5.32 Å². The average Bonchev–Trinajstić information content (AvgIpc) is 2.88. The predicted molar refractivity (Wildman–Crippen MR) is 113 cm³/mol. The lowest BCUT2D eigenvalue weighted by molar-refractivity contribution is 0.680. The molecule has 0 saturated heterocycles. The number of nitrogens with zero attached hydrogens (tertiary/aromatic N) is 1. The van der Waals surface area contributed by atoms with Gasteiger partial charge in [0.05, 0.1) is 10.0 Å². The molecule has 2 heterocycles. The number of hydrogen-bond acceptors (Lipinski definition) is 2. The molecule has 0 unspecified atom stereocenters. The fourth-order valence-electron chi connectivity index (χ4n) is 4.48. The van der Waals surface area contributed by atoms with Crippen molar-refractivity contribution < 1.29 is 0 Å². The molecule has 4 rings (SSSR count). The summed E-state index contributed by atoms with van der Waals surface area (Å²) < 4.78 is 0. The molecular formula is C22H26Cl2N2. The molecule has 138 valence electrons. The van der Waals surface area contributed by atoms with Crippen LogP contribution in [0.25, 0.3) is 11.1 Å². The Balaban J connectivity index is 1.97. The smallest absolute Gasteiger partial charge is 0.0598 e. The molecule has 2 aliphatic rings. The molecule has 4 heteroatoms. The van der Waals surface area contributed by atoms with Gasteiger partial charge in [0.1, 0.15) is 0 Å².